The average molecular weight is 306 g/mol. The van der Waals surface area contributed by atoms with Crippen molar-refractivity contribution in [3.8, 4) is 0 Å². The highest BCUT2D eigenvalue weighted by Gasteiger charge is 2.13. The molecular formula is C10H15IN2O. The van der Waals surface area contributed by atoms with Gasteiger partial charge in [0.15, 0.2) is 0 Å². The van der Waals surface area contributed by atoms with Gasteiger partial charge in [-0.25, -0.2) is 0 Å². The van der Waals surface area contributed by atoms with Crippen LogP contribution < -0.4 is 11.3 Å². The van der Waals surface area contributed by atoms with E-state index in [2.05, 4.69) is 47.1 Å². The lowest BCUT2D eigenvalue weighted by Crippen LogP contribution is -2.31. The quantitative estimate of drug-likeness (QED) is 0.506. The number of hydrogen-bond acceptors (Lipinski definition) is 3. The third-order valence-corrected chi connectivity index (χ3v) is 3.61. The summed E-state index contributed by atoms with van der Waals surface area (Å²) in [4.78, 5) is 0. The summed E-state index contributed by atoms with van der Waals surface area (Å²) in [6.07, 6.45) is 0. The van der Waals surface area contributed by atoms with Crippen molar-refractivity contribution in [1.82, 2.24) is 5.43 Å². The molecule has 0 saturated carbocycles. The van der Waals surface area contributed by atoms with Crippen molar-refractivity contribution in [3.05, 3.63) is 32.9 Å². The van der Waals surface area contributed by atoms with Crippen LogP contribution in [0.2, 0.25) is 0 Å². The highest BCUT2D eigenvalue weighted by Crippen LogP contribution is 2.22. The fourth-order valence-electron chi connectivity index (χ4n) is 1.33. The molecule has 0 aliphatic rings. The zero-order valence-corrected chi connectivity index (χ0v) is 10.5. The van der Waals surface area contributed by atoms with Crippen molar-refractivity contribution in [1.29, 1.82) is 0 Å². The van der Waals surface area contributed by atoms with Crippen molar-refractivity contribution in [2.45, 2.75) is 13.0 Å². The van der Waals surface area contributed by atoms with E-state index in [-0.39, 0.29) is 6.04 Å². The SMILES string of the molecule is COCC(NN)c1cccc(C)c1I. The predicted octanol–water partition coefficient (Wildman–Crippen LogP) is 1.75. The third kappa shape index (κ3) is 2.66. The van der Waals surface area contributed by atoms with Crippen LogP contribution in [-0.4, -0.2) is 13.7 Å². The lowest BCUT2D eigenvalue weighted by Gasteiger charge is -2.17. The first-order chi connectivity index (χ1) is 6.70. The molecule has 1 rings (SSSR count). The fourth-order valence-corrected chi connectivity index (χ4v) is 2.07. The van der Waals surface area contributed by atoms with Gasteiger partial charge < -0.3 is 4.74 Å². The van der Waals surface area contributed by atoms with Gasteiger partial charge >= 0.3 is 0 Å². The Hall–Kier alpha value is -0.170. The Labute approximate surface area is 98.1 Å². The second-order valence-electron chi connectivity index (χ2n) is 3.15. The first kappa shape index (κ1) is 11.9. The number of benzene rings is 1. The van der Waals surface area contributed by atoms with E-state index in [0.717, 1.165) is 0 Å². The van der Waals surface area contributed by atoms with Crippen LogP contribution in [0.5, 0.6) is 0 Å². The Morgan fingerprint density at radius 2 is 2.29 bits per heavy atom. The van der Waals surface area contributed by atoms with Crippen molar-refractivity contribution in [3.63, 3.8) is 0 Å². The molecule has 0 aliphatic heterocycles. The van der Waals surface area contributed by atoms with E-state index >= 15 is 0 Å². The van der Waals surface area contributed by atoms with Crippen molar-refractivity contribution < 1.29 is 4.74 Å². The van der Waals surface area contributed by atoms with Gasteiger partial charge in [-0.2, -0.15) is 0 Å². The predicted molar refractivity (Wildman–Crippen MR) is 65.8 cm³/mol. The maximum Gasteiger partial charge on any atom is 0.0704 e. The molecule has 1 aromatic carbocycles. The van der Waals surface area contributed by atoms with Crippen molar-refractivity contribution in [2.24, 2.45) is 5.84 Å². The molecule has 0 amide bonds. The van der Waals surface area contributed by atoms with Crippen molar-refractivity contribution in [2.75, 3.05) is 13.7 Å². The topological polar surface area (TPSA) is 47.3 Å². The number of ether oxygens (including phenoxy) is 1. The molecule has 0 radical (unpaired) electrons. The van der Waals surface area contributed by atoms with Crippen LogP contribution >= 0.6 is 22.6 Å². The summed E-state index contributed by atoms with van der Waals surface area (Å²) in [5.41, 5.74) is 5.21. The molecule has 0 aromatic heterocycles. The molecule has 4 heteroatoms. The molecule has 0 heterocycles. The molecular weight excluding hydrogens is 291 g/mol. The lowest BCUT2D eigenvalue weighted by molar-refractivity contribution is 0.167. The molecule has 1 aromatic rings. The van der Waals surface area contributed by atoms with E-state index in [9.17, 15) is 0 Å². The second kappa shape index (κ2) is 5.65. The summed E-state index contributed by atoms with van der Waals surface area (Å²) in [5.74, 6) is 5.48. The minimum absolute atomic E-state index is 0.0619. The molecule has 1 atom stereocenters. The molecule has 3 nitrogen and oxygen atoms in total. The van der Waals surface area contributed by atoms with E-state index in [1.54, 1.807) is 7.11 Å². The van der Waals surface area contributed by atoms with E-state index < -0.39 is 0 Å². The van der Waals surface area contributed by atoms with Gasteiger partial charge in [0.25, 0.3) is 0 Å². The first-order valence-electron chi connectivity index (χ1n) is 4.40. The summed E-state index contributed by atoms with van der Waals surface area (Å²) in [6.45, 7) is 2.67. The van der Waals surface area contributed by atoms with E-state index in [1.165, 1.54) is 14.7 Å². The lowest BCUT2D eigenvalue weighted by atomic mass is 10.1. The van der Waals surface area contributed by atoms with Gasteiger partial charge in [0.1, 0.15) is 0 Å². The summed E-state index contributed by atoms with van der Waals surface area (Å²) in [6, 6.07) is 6.25. The summed E-state index contributed by atoms with van der Waals surface area (Å²) in [7, 11) is 1.67. The van der Waals surface area contributed by atoms with Gasteiger partial charge in [0.05, 0.1) is 12.6 Å². The minimum atomic E-state index is 0.0619. The molecule has 78 valence electrons. The number of nitrogens with one attached hydrogen (secondary N) is 1. The monoisotopic (exact) mass is 306 g/mol. The Kier molecular flexibility index (Phi) is 4.80. The molecule has 1 unspecified atom stereocenters. The maximum absolute atomic E-state index is 5.48. The molecule has 0 saturated heterocycles. The fraction of sp³-hybridized carbons (Fsp3) is 0.400. The van der Waals surface area contributed by atoms with Gasteiger partial charge in [-0.1, -0.05) is 18.2 Å². The number of hydrazine groups is 1. The molecule has 0 aliphatic carbocycles. The number of halogens is 1. The third-order valence-electron chi connectivity index (χ3n) is 2.13. The first-order valence-corrected chi connectivity index (χ1v) is 5.48. The largest absolute Gasteiger partial charge is 0.383 e. The van der Waals surface area contributed by atoms with Gasteiger partial charge in [0.2, 0.25) is 0 Å². The Bertz CT molecular complexity index is 304. The summed E-state index contributed by atoms with van der Waals surface area (Å²) in [5, 5.41) is 0. The number of aryl methyl sites for hydroxylation is 1. The number of rotatable bonds is 4. The molecule has 0 bridgehead atoms. The number of methoxy groups -OCH3 is 1. The van der Waals surface area contributed by atoms with E-state index in [4.69, 9.17) is 10.6 Å². The number of nitrogens with two attached hydrogens (primary N) is 1. The highest BCUT2D eigenvalue weighted by atomic mass is 127. The van der Waals surface area contributed by atoms with Crippen LogP contribution in [-0.2, 0) is 4.74 Å². The van der Waals surface area contributed by atoms with Crippen molar-refractivity contribution >= 4 is 22.6 Å². The maximum atomic E-state index is 5.48. The Morgan fingerprint density at radius 1 is 1.57 bits per heavy atom. The number of hydrogen-bond donors (Lipinski definition) is 2. The molecule has 0 spiro atoms. The summed E-state index contributed by atoms with van der Waals surface area (Å²) < 4.78 is 6.34. The average Bonchev–Trinajstić information content (AvgIpc) is 2.19. The minimum Gasteiger partial charge on any atom is -0.383 e. The summed E-state index contributed by atoms with van der Waals surface area (Å²) >= 11 is 2.33. The second-order valence-corrected chi connectivity index (χ2v) is 4.23. The zero-order chi connectivity index (χ0) is 10.6. The Balaban J connectivity index is 2.97. The highest BCUT2D eigenvalue weighted by molar-refractivity contribution is 14.1. The van der Waals surface area contributed by atoms with Gasteiger partial charge in [-0.3, -0.25) is 11.3 Å². The zero-order valence-electron chi connectivity index (χ0n) is 8.38. The normalized spacial score (nSPS) is 12.9. The van der Waals surface area contributed by atoms with Gasteiger partial charge in [-0.15, -0.1) is 0 Å². The smallest absolute Gasteiger partial charge is 0.0704 e. The van der Waals surface area contributed by atoms with Gasteiger partial charge in [0, 0.05) is 10.7 Å². The van der Waals surface area contributed by atoms with Gasteiger partial charge in [-0.05, 0) is 40.6 Å². The van der Waals surface area contributed by atoms with E-state index in [1.807, 2.05) is 6.07 Å². The molecule has 14 heavy (non-hydrogen) atoms. The van der Waals surface area contributed by atoms with Crippen LogP contribution in [0.1, 0.15) is 17.2 Å². The van der Waals surface area contributed by atoms with Crippen LogP contribution in [0.25, 0.3) is 0 Å². The van der Waals surface area contributed by atoms with Crippen LogP contribution in [0.3, 0.4) is 0 Å². The molecule has 0 fully saturated rings. The Morgan fingerprint density at radius 3 is 2.86 bits per heavy atom. The van der Waals surface area contributed by atoms with Crippen LogP contribution in [0, 0.1) is 10.5 Å². The standard InChI is InChI=1S/C10H15IN2O/c1-7-4-3-5-8(10(7)11)9(13-12)6-14-2/h3-5,9,13H,6,12H2,1-2H3. The van der Waals surface area contributed by atoms with E-state index in [0.29, 0.717) is 6.61 Å². The molecule has 3 N–H and O–H groups in total. The van der Waals surface area contributed by atoms with Crippen LogP contribution in [0.15, 0.2) is 18.2 Å². The van der Waals surface area contributed by atoms with Crippen LogP contribution in [0.4, 0.5) is 0 Å².